The molecule has 3 N–H and O–H groups in total. The zero-order chi connectivity index (χ0) is 17.6. The van der Waals surface area contributed by atoms with Gasteiger partial charge in [0.25, 0.3) is 0 Å². The summed E-state index contributed by atoms with van der Waals surface area (Å²) in [5.74, 6) is 3.21. The Kier molecular flexibility index (Phi) is 6.60. The zero-order valence-electron chi connectivity index (χ0n) is 16.2. The fourth-order valence-corrected chi connectivity index (χ4v) is 4.08. The average Bonchev–Trinajstić information content (AvgIpc) is 3.07. The van der Waals surface area contributed by atoms with Crippen LogP contribution in [0.5, 0.6) is 11.5 Å². The van der Waals surface area contributed by atoms with Gasteiger partial charge < -0.3 is 19.7 Å². The lowest BCUT2D eigenvalue weighted by Crippen LogP contribution is -3.12. The van der Waals surface area contributed by atoms with Crippen LogP contribution in [-0.2, 0) is 0 Å². The summed E-state index contributed by atoms with van der Waals surface area (Å²) in [6.07, 6.45) is 6.55. The lowest BCUT2D eigenvalue weighted by atomic mass is 9.88. The first-order valence-corrected chi connectivity index (χ1v) is 10.2. The first-order chi connectivity index (χ1) is 12.1. The lowest BCUT2D eigenvalue weighted by molar-refractivity contribution is -0.894. The SMILES string of the molecule is CC(C)CC[C@H](CC[NH2+]C1CC[NH+](C)CC1)c1ccc2c(c1)OCO2. The minimum atomic E-state index is 0.362. The Hall–Kier alpha value is -1.26. The molecule has 0 saturated carbocycles. The summed E-state index contributed by atoms with van der Waals surface area (Å²) in [5, 5.41) is 2.61. The number of nitrogens with two attached hydrogens (primary N) is 1. The van der Waals surface area contributed by atoms with Gasteiger partial charge in [-0.3, -0.25) is 0 Å². The summed E-state index contributed by atoms with van der Waals surface area (Å²) in [6.45, 7) is 8.91. The van der Waals surface area contributed by atoms with Gasteiger partial charge >= 0.3 is 0 Å². The fourth-order valence-electron chi connectivity index (χ4n) is 4.08. The molecule has 140 valence electrons. The quantitative estimate of drug-likeness (QED) is 0.748. The Morgan fingerprint density at radius 2 is 1.84 bits per heavy atom. The second kappa shape index (κ2) is 8.91. The van der Waals surface area contributed by atoms with Gasteiger partial charge in [-0.1, -0.05) is 26.3 Å². The van der Waals surface area contributed by atoms with Crippen LogP contribution in [0.4, 0.5) is 0 Å². The van der Waals surface area contributed by atoms with E-state index in [1.165, 1.54) is 57.3 Å². The highest BCUT2D eigenvalue weighted by Gasteiger charge is 2.23. The molecule has 2 aliphatic rings. The molecule has 0 bridgehead atoms. The first-order valence-electron chi connectivity index (χ1n) is 10.2. The van der Waals surface area contributed by atoms with Gasteiger partial charge in [-0.25, -0.2) is 0 Å². The number of hydrogen-bond donors (Lipinski definition) is 2. The van der Waals surface area contributed by atoms with E-state index in [0.717, 1.165) is 23.5 Å². The van der Waals surface area contributed by atoms with Crippen molar-refractivity contribution in [2.45, 2.75) is 57.9 Å². The number of ether oxygens (including phenoxy) is 2. The van der Waals surface area contributed by atoms with E-state index in [0.29, 0.717) is 12.7 Å². The van der Waals surface area contributed by atoms with Gasteiger partial charge in [0.05, 0.1) is 32.7 Å². The number of quaternary nitrogens is 2. The molecule has 4 nitrogen and oxygen atoms in total. The highest BCUT2D eigenvalue weighted by molar-refractivity contribution is 5.45. The van der Waals surface area contributed by atoms with E-state index in [9.17, 15) is 0 Å². The van der Waals surface area contributed by atoms with Crippen molar-refractivity contribution in [3.05, 3.63) is 23.8 Å². The summed E-state index contributed by atoms with van der Waals surface area (Å²) in [6, 6.07) is 7.39. The minimum absolute atomic E-state index is 0.362. The fraction of sp³-hybridized carbons (Fsp3) is 0.714. The maximum absolute atomic E-state index is 5.59. The van der Waals surface area contributed by atoms with E-state index < -0.39 is 0 Å². The van der Waals surface area contributed by atoms with E-state index in [4.69, 9.17) is 9.47 Å². The van der Waals surface area contributed by atoms with Gasteiger partial charge in [-0.15, -0.1) is 0 Å². The third-order valence-electron chi connectivity index (χ3n) is 5.86. The third-order valence-corrected chi connectivity index (χ3v) is 5.86. The zero-order valence-corrected chi connectivity index (χ0v) is 16.2. The van der Waals surface area contributed by atoms with Crippen molar-refractivity contribution >= 4 is 0 Å². The van der Waals surface area contributed by atoms with Gasteiger partial charge in [0.15, 0.2) is 11.5 Å². The van der Waals surface area contributed by atoms with Gasteiger partial charge in [0.1, 0.15) is 0 Å². The lowest BCUT2D eigenvalue weighted by Gasteiger charge is -2.26. The maximum Gasteiger partial charge on any atom is 0.231 e. The number of hydrogen-bond acceptors (Lipinski definition) is 2. The van der Waals surface area contributed by atoms with Crippen LogP contribution in [0.2, 0.25) is 0 Å². The Morgan fingerprint density at radius 3 is 2.60 bits per heavy atom. The topological polar surface area (TPSA) is 39.5 Å². The Morgan fingerprint density at radius 1 is 1.08 bits per heavy atom. The normalized spacial score (nSPS) is 23.8. The third kappa shape index (κ3) is 5.35. The van der Waals surface area contributed by atoms with Crippen molar-refractivity contribution in [3.63, 3.8) is 0 Å². The minimum Gasteiger partial charge on any atom is -0.454 e. The molecule has 1 fully saturated rings. The summed E-state index contributed by atoms with van der Waals surface area (Å²) >= 11 is 0. The van der Waals surface area contributed by atoms with Crippen LogP contribution in [0.3, 0.4) is 0 Å². The molecule has 0 spiro atoms. The van der Waals surface area contributed by atoms with Crippen molar-refractivity contribution in [1.29, 1.82) is 0 Å². The predicted octanol–water partition coefficient (Wildman–Crippen LogP) is 1.57. The maximum atomic E-state index is 5.59. The highest BCUT2D eigenvalue weighted by Crippen LogP contribution is 2.36. The molecular formula is C21H36N2O2+2. The average molecular weight is 349 g/mol. The Balaban J connectivity index is 1.55. The van der Waals surface area contributed by atoms with Gasteiger partial charge in [0.2, 0.25) is 6.79 Å². The summed E-state index contributed by atoms with van der Waals surface area (Å²) < 4.78 is 11.1. The molecule has 2 aliphatic heterocycles. The second-order valence-corrected chi connectivity index (χ2v) is 8.39. The molecule has 0 aromatic heterocycles. The predicted molar refractivity (Wildman–Crippen MR) is 100 cm³/mol. The molecule has 0 aliphatic carbocycles. The monoisotopic (exact) mass is 348 g/mol. The smallest absolute Gasteiger partial charge is 0.231 e. The number of fused-ring (bicyclic) bond motifs is 1. The van der Waals surface area contributed by atoms with Crippen molar-refractivity contribution in [1.82, 2.24) is 0 Å². The molecule has 3 rings (SSSR count). The number of rotatable bonds is 8. The summed E-state index contributed by atoms with van der Waals surface area (Å²) in [4.78, 5) is 1.69. The number of benzene rings is 1. The molecule has 2 heterocycles. The molecule has 1 aromatic rings. The van der Waals surface area contributed by atoms with Gasteiger partial charge in [-0.2, -0.15) is 0 Å². The highest BCUT2D eigenvalue weighted by atomic mass is 16.7. The molecule has 0 radical (unpaired) electrons. The molecule has 1 saturated heterocycles. The van der Waals surface area contributed by atoms with Gasteiger partial charge in [0, 0.05) is 19.3 Å². The second-order valence-electron chi connectivity index (χ2n) is 8.39. The van der Waals surface area contributed by atoms with Gasteiger partial charge in [-0.05, 0) is 36.0 Å². The Bertz CT molecular complexity index is 539. The van der Waals surface area contributed by atoms with Crippen LogP contribution in [0, 0.1) is 5.92 Å². The van der Waals surface area contributed by atoms with E-state index in [1.54, 1.807) is 4.90 Å². The van der Waals surface area contributed by atoms with Crippen molar-refractivity contribution in [2.75, 3.05) is 33.5 Å². The van der Waals surface area contributed by atoms with E-state index >= 15 is 0 Å². The molecule has 1 atom stereocenters. The van der Waals surface area contributed by atoms with E-state index in [1.807, 2.05) is 0 Å². The van der Waals surface area contributed by atoms with Crippen LogP contribution in [0.1, 0.15) is 57.4 Å². The van der Waals surface area contributed by atoms with Crippen LogP contribution >= 0.6 is 0 Å². The Labute approximate surface area is 152 Å². The first kappa shape index (κ1) is 18.5. The standard InChI is InChI=1S/C21H34N2O2/c1-16(2)4-5-17(8-11-22-19-9-12-23(3)13-10-19)18-6-7-20-21(14-18)25-15-24-20/h6-7,14,16-17,19,22H,4-5,8-13,15H2,1-3H3/p+2/t17-/m1/s1. The van der Waals surface area contributed by atoms with Crippen molar-refractivity contribution in [2.24, 2.45) is 5.92 Å². The van der Waals surface area contributed by atoms with E-state index in [-0.39, 0.29) is 0 Å². The molecule has 0 unspecified atom stereocenters. The summed E-state index contributed by atoms with van der Waals surface area (Å²) in [7, 11) is 2.32. The molecule has 1 aromatic carbocycles. The van der Waals surface area contributed by atoms with Crippen LogP contribution < -0.4 is 19.7 Å². The number of likely N-dealkylation sites (tertiary alicyclic amines) is 1. The van der Waals surface area contributed by atoms with Crippen LogP contribution in [-0.4, -0.2) is 39.5 Å². The van der Waals surface area contributed by atoms with Crippen LogP contribution in [0.25, 0.3) is 0 Å². The van der Waals surface area contributed by atoms with Crippen molar-refractivity contribution in [3.8, 4) is 11.5 Å². The molecule has 4 heteroatoms. The van der Waals surface area contributed by atoms with Crippen LogP contribution in [0.15, 0.2) is 18.2 Å². The van der Waals surface area contributed by atoms with E-state index in [2.05, 4.69) is 44.4 Å². The molecule has 25 heavy (non-hydrogen) atoms. The van der Waals surface area contributed by atoms with Crippen molar-refractivity contribution < 1.29 is 19.7 Å². The summed E-state index contributed by atoms with van der Waals surface area (Å²) in [5.41, 5.74) is 1.42. The molecule has 0 amide bonds. The number of nitrogens with one attached hydrogen (secondary N) is 1. The largest absolute Gasteiger partial charge is 0.454 e. The molecular weight excluding hydrogens is 312 g/mol. The number of piperidine rings is 1.